The number of carboxylic acids is 1. The molecule has 1 atom stereocenters. The molecule has 2 rings (SSSR count). The molecule has 2 saturated carbocycles. The molecule has 4 heteroatoms. The van der Waals surface area contributed by atoms with Gasteiger partial charge in [0.2, 0.25) is 0 Å². The first-order valence-corrected chi connectivity index (χ1v) is 7.93. The van der Waals surface area contributed by atoms with Crippen LogP contribution in [0.1, 0.15) is 45.4 Å². The summed E-state index contributed by atoms with van der Waals surface area (Å²) in [7, 11) is 0. The maximum Gasteiger partial charge on any atom is 0.325 e. The first kappa shape index (κ1) is 13.2. The maximum atomic E-state index is 11.7. The summed E-state index contributed by atoms with van der Waals surface area (Å²) in [6.07, 6.45) is 6.85. The van der Waals surface area contributed by atoms with Gasteiger partial charge in [0.15, 0.2) is 0 Å². The fourth-order valence-corrected chi connectivity index (χ4v) is 3.62. The Morgan fingerprint density at radius 3 is 2.59 bits per heavy atom. The highest BCUT2D eigenvalue weighted by molar-refractivity contribution is 7.99. The van der Waals surface area contributed by atoms with E-state index in [4.69, 9.17) is 0 Å². The van der Waals surface area contributed by atoms with E-state index in [1.807, 2.05) is 11.8 Å². The number of aliphatic carboxylic acids is 1. The van der Waals surface area contributed by atoms with Crippen LogP contribution in [0.4, 0.5) is 0 Å². The van der Waals surface area contributed by atoms with E-state index in [2.05, 4.69) is 12.2 Å². The van der Waals surface area contributed by atoms with E-state index >= 15 is 0 Å². The highest BCUT2D eigenvalue weighted by Gasteiger charge is 2.52. The fraction of sp³-hybridized carbons (Fsp3) is 0.923. The van der Waals surface area contributed by atoms with Gasteiger partial charge in [0.05, 0.1) is 0 Å². The smallest absolute Gasteiger partial charge is 0.325 e. The Kier molecular flexibility index (Phi) is 4.36. The molecule has 0 amide bonds. The van der Waals surface area contributed by atoms with Gasteiger partial charge < -0.3 is 5.11 Å². The van der Waals surface area contributed by atoms with Crippen LogP contribution < -0.4 is 5.32 Å². The van der Waals surface area contributed by atoms with Crippen LogP contribution in [0.3, 0.4) is 0 Å². The van der Waals surface area contributed by atoms with Gasteiger partial charge in [-0.15, -0.1) is 0 Å². The van der Waals surface area contributed by atoms with Crippen LogP contribution >= 0.6 is 11.8 Å². The highest BCUT2D eigenvalue weighted by Crippen LogP contribution is 2.43. The van der Waals surface area contributed by atoms with Crippen molar-refractivity contribution in [3.05, 3.63) is 0 Å². The molecule has 0 radical (unpaired) electrons. The van der Waals surface area contributed by atoms with Gasteiger partial charge in [-0.25, -0.2) is 0 Å². The molecule has 0 heterocycles. The first-order chi connectivity index (χ1) is 8.19. The van der Waals surface area contributed by atoms with Crippen molar-refractivity contribution >= 4 is 17.7 Å². The van der Waals surface area contributed by atoms with Crippen molar-refractivity contribution in [1.29, 1.82) is 0 Å². The van der Waals surface area contributed by atoms with E-state index in [9.17, 15) is 9.90 Å². The number of rotatable bonds is 9. The van der Waals surface area contributed by atoms with Crippen molar-refractivity contribution in [3.8, 4) is 0 Å². The lowest BCUT2D eigenvalue weighted by Gasteiger charge is -2.30. The normalized spacial score (nSPS) is 23.4. The molecule has 2 N–H and O–H groups in total. The van der Waals surface area contributed by atoms with Gasteiger partial charge in [0.25, 0.3) is 0 Å². The van der Waals surface area contributed by atoms with Gasteiger partial charge in [-0.1, -0.05) is 13.3 Å². The average molecular weight is 257 g/mol. The molecule has 2 aliphatic carbocycles. The van der Waals surface area contributed by atoms with E-state index in [-0.39, 0.29) is 0 Å². The Morgan fingerprint density at radius 2 is 2.12 bits per heavy atom. The van der Waals surface area contributed by atoms with Crippen molar-refractivity contribution in [2.75, 3.05) is 11.5 Å². The van der Waals surface area contributed by atoms with Crippen LogP contribution in [-0.2, 0) is 4.79 Å². The quantitative estimate of drug-likeness (QED) is 0.623. The molecule has 0 aromatic rings. The Hall–Kier alpha value is -0.220. The van der Waals surface area contributed by atoms with Crippen LogP contribution in [0.5, 0.6) is 0 Å². The number of thioether (sulfide) groups is 1. The van der Waals surface area contributed by atoms with Gasteiger partial charge in [-0.3, -0.25) is 10.1 Å². The zero-order valence-corrected chi connectivity index (χ0v) is 11.4. The second-order valence-corrected chi connectivity index (χ2v) is 6.48. The standard InChI is InChI=1S/C13H23NO2S/c1-2-3-8-17-9-13(12(15)16,10-4-5-10)14-11-6-7-11/h10-11,14H,2-9H2,1H3,(H,15,16). The predicted molar refractivity (Wildman–Crippen MR) is 71.5 cm³/mol. The number of hydrogen-bond donors (Lipinski definition) is 2. The third-order valence-electron chi connectivity index (χ3n) is 3.67. The molecule has 0 aliphatic heterocycles. The van der Waals surface area contributed by atoms with Crippen LogP contribution in [-0.4, -0.2) is 34.2 Å². The topological polar surface area (TPSA) is 49.3 Å². The van der Waals surface area contributed by atoms with E-state index in [0.29, 0.717) is 12.0 Å². The molecule has 0 spiro atoms. The lowest BCUT2D eigenvalue weighted by molar-refractivity contribution is -0.145. The minimum atomic E-state index is -0.629. The number of carbonyl (C=O) groups is 1. The zero-order chi connectivity index (χ0) is 12.3. The molecule has 0 saturated heterocycles. The third-order valence-corrected chi connectivity index (χ3v) is 4.90. The summed E-state index contributed by atoms with van der Waals surface area (Å²) in [5.41, 5.74) is -0.625. The lowest BCUT2D eigenvalue weighted by atomic mass is 9.95. The summed E-state index contributed by atoms with van der Waals surface area (Å²) in [5.74, 6) is 1.57. The van der Waals surface area contributed by atoms with Gasteiger partial charge in [0.1, 0.15) is 5.54 Å². The predicted octanol–water partition coefficient (Wildman–Crippen LogP) is 2.51. The Labute approximate surface area is 108 Å². The van der Waals surface area contributed by atoms with Crippen molar-refractivity contribution in [1.82, 2.24) is 5.32 Å². The summed E-state index contributed by atoms with van der Waals surface area (Å²) >= 11 is 1.81. The summed E-state index contributed by atoms with van der Waals surface area (Å²) in [6, 6.07) is 0.471. The molecular formula is C13H23NO2S. The zero-order valence-electron chi connectivity index (χ0n) is 10.6. The fourth-order valence-electron chi connectivity index (χ4n) is 2.22. The second-order valence-electron chi connectivity index (χ2n) is 5.38. The van der Waals surface area contributed by atoms with Crippen molar-refractivity contribution in [2.45, 2.75) is 57.0 Å². The number of unbranched alkanes of at least 4 members (excludes halogenated alkanes) is 1. The molecule has 1 unspecified atom stereocenters. The van der Waals surface area contributed by atoms with E-state index in [1.54, 1.807) is 0 Å². The molecule has 0 aromatic carbocycles. The molecule has 3 nitrogen and oxygen atoms in total. The van der Waals surface area contributed by atoms with Crippen LogP contribution in [0.2, 0.25) is 0 Å². The summed E-state index contributed by atoms with van der Waals surface area (Å²) < 4.78 is 0. The van der Waals surface area contributed by atoms with Crippen molar-refractivity contribution in [2.24, 2.45) is 5.92 Å². The van der Waals surface area contributed by atoms with Crippen LogP contribution in [0.25, 0.3) is 0 Å². The number of carboxylic acid groups (broad SMARTS) is 1. The number of nitrogens with one attached hydrogen (secondary N) is 1. The Balaban J connectivity index is 1.91. The molecule has 98 valence electrons. The first-order valence-electron chi connectivity index (χ1n) is 6.78. The third kappa shape index (κ3) is 3.38. The monoisotopic (exact) mass is 257 g/mol. The van der Waals surface area contributed by atoms with E-state index in [1.165, 1.54) is 12.8 Å². The van der Waals surface area contributed by atoms with Crippen molar-refractivity contribution in [3.63, 3.8) is 0 Å². The van der Waals surface area contributed by atoms with E-state index < -0.39 is 11.5 Å². The summed E-state index contributed by atoms with van der Waals surface area (Å²) in [4.78, 5) is 11.7. The van der Waals surface area contributed by atoms with Crippen LogP contribution in [0.15, 0.2) is 0 Å². The van der Waals surface area contributed by atoms with Gasteiger partial charge >= 0.3 is 5.97 Å². The minimum absolute atomic E-state index is 0.370. The van der Waals surface area contributed by atoms with Crippen molar-refractivity contribution < 1.29 is 9.90 Å². The molecular weight excluding hydrogens is 234 g/mol. The molecule has 17 heavy (non-hydrogen) atoms. The summed E-state index contributed by atoms with van der Waals surface area (Å²) in [6.45, 7) is 2.17. The average Bonchev–Trinajstić information content (AvgIpc) is 3.15. The minimum Gasteiger partial charge on any atom is -0.480 e. The Bertz CT molecular complexity index is 277. The van der Waals surface area contributed by atoms with Gasteiger partial charge in [0, 0.05) is 11.8 Å². The second kappa shape index (κ2) is 5.61. The largest absolute Gasteiger partial charge is 0.480 e. The highest BCUT2D eigenvalue weighted by atomic mass is 32.2. The Morgan fingerprint density at radius 1 is 1.41 bits per heavy atom. The van der Waals surface area contributed by atoms with E-state index in [0.717, 1.165) is 37.2 Å². The maximum absolute atomic E-state index is 11.7. The van der Waals surface area contributed by atoms with Crippen LogP contribution in [0, 0.1) is 5.92 Å². The molecule has 0 aromatic heterocycles. The molecule has 2 aliphatic rings. The van der Waals surface area contributed by atoms with Gasteiger partial charge in [-0.2, -0.15) is 11.8 Å². The number of hydrogen-bond acceptors (Lipinski definition) is 3. The molecule has 2 fully saturated rings. The SMILES string of the molecule is CCCCSCC(NC1CC1)(C(=O)O)C1CC1. The molecule has 0 bridgehead atoms. The summed E-state index contributed by atoms with van der Waals surface area (Å²) in [5, 5.41) is 13.0. The lowest BCUT2D eigenvalue weighted by Crippen LogP contribution is -2.57. The van der Waals surface area contributed by atoms with Gasteiger partial charge in [-0.05, 0) is 43.8 Å².